The Labute approximate surface area is 193 Å². The van der Waals surface area contributed by atoms with Crippen molar-refractivity contribution in [2.45, 2.75) is 58.0 Å². The number of piperidine rings is 1. The van der Waals surface area contributed by atoms with Crippen molar-refractivity contribution in [3.05, 3.63) is 64.1 Å². The van der Waals surface area contributed by atoms with Gasteiger partial charge in [0, 0.05) is 31.2 Å². The van der Waals surface area contributed by atoms with Gasteiger partial charge in [0.15, 0.2) is 11.5 Å². The van der Waals surface area contributed by atoms with Gasteiger partial charge in [0.2, 0.25) is 5.91 Å². The molecule has 1 saturated carbocycles. The predicted molar refractivity (Wildman–Crippen MR) is 129 cm³/mol. The van der Waals surface area contributed by atoms with E-state index in [0.717, 1.165) is 31.2 Å². The molecule has 1 aliphatic carbocycles. The summed E-state index contributed by atoms with van der Waals surface area (Å²) in [5.41, 5.74) is 3.41. The number of nitrogens with one attached hydrogen (secondary N) is 1. The first-order valence-corrected chi connectivity index (χ1v) is 12.0. The maximum atomic E-state index is 13.5. The van der Waals surface area contributed by atoms with E-state index >= 15 is 0 Å². The minimum atomic E-state index is -0.129. The number of aromatic nitrogens is 3. The van der Waals surface area contributed by atoms with Gasteiger partial charge in [-0.15, -0.1) is 0 Å². The minimum absolute atomic E-state index is 0.0127. The Balaban J connectivity index is 1.37. The van der Waals surface area contributed by atoms with E-state index in [1.807, 2.05) is 29.2 Å². The molecule has 2 aromatic heterocycles. The summed E-state index contributed by atoms with van der Waals surface area (Å²) in [6.07, 6.45) is 7.79. The molecule has 172 valence electrons. The number of benzene rings is 1. The van der Waals surface area contributed by atoms with Gasteiger partial charge in [-0.1, -0.05) is 42.7 Å². The summed E-state index contributed by atoms with van der Waals surface area (Å²) in [5.74, 6) is 0.644. The third-order valence-electron chi connectivity index (χ3n) is 7.01. The zero-order chi connectivity index (χ0) is 22.8. The van der Waals surface area contributed by atoms with E-state index in [9.17, 15) is 9.59 Å². The standard InChI is InChI=1S/C26H31N5O2/c1-18-8-10-19(11-9-18)17-31-23-22(7-4-14-27-23)29-24(26(31)33)30-15-12-20(13-16-30)25(32)28-21-5-2-3-6-21/h4,7-11,14,20-21H,2-3,5-6,12-13,15-17H2,1H3,(H,28,32). The molecule has 0 spiro atoms. The Bertz CT molecular complexity index is 1190. The number of hydrogen-bond acceptors (Lipinski definition) is 5. The Kier molecular flexibility index (Phi) is 6.11. The van der Waals surface area contributed by atoms with Gasteiger partial charge >= 0.3 is 0 Å². The molecule has 3 aromatic rings. The smallest absolute Gasteiger partial charge is 0.295 e. The van der Waals surface area contributed by atoms with Crippen molar-refractivity contribution in [2.24, 2.45) is 5.92 Å². The molecule has 7 heteroatoms. The van der Waals surface area contributed by atoms with E-state index in [2.05, 4.69) is 29.4 Å². The van der Waals surface area contributed by atoms with Crippen LogP contribution in [0.1, 0.15) is 49.7 Å². The molecule has 3 heterocycles. The number of aryl methyl sites for hydroxylation is 1. The number of anilines is 1. The molecule has 0 radical (unpaired) electrons. The molecule has 1 aromatic carbocycles. The van der Waals surface area contributed by atoms with Crippen LogP contribution in [0.15, 0.2) is 47.4 Å². The fraction of sp³-hybridized carbons (Fsp3) is 0.462. The summed E-state index contributed by atoms with van der Waals surface area (Å²) in [6, 6.07) is 12.3. The Morgan fingerprint density at radius 1 is 1.06 bits per heavy atom. The fourth-order valence-electron chi connectivity index (χ4n) is 5.03. The van der Waals surface area contributed by atoms with Crippen LogP contribution in [0.4, 0.5) is 5.82 Å². The topological polar surface area (TPSA) is 80.1 Å². The van der Waals surface area contributed by atoms with Crippen molar-refractivity contribution in [3.63, 3.8) is 0 Å². The van der Waals surface area contributed by atoms with E-state index in [4.69, 9.17) is 4.98 Å². The van der Waals surface area contributed by atoms with Crippen molar-refractivity contribution < 1.29 is 4.79 Å². The maximum Gasteiger partial charge on any atom is 0.295 e. The van der Waals surface area contributed by atoms with Crippen LogP contribution in [-0.4, -0.2) is 39.6 Å². The largest absolute Gasteiger partial charge is 0.353 e. The van der Waals surface area contributed by atoms with Crippen molar-refractivity contribution >= 4 is 22.9 Å². The lowest BCUT2D eigenvalue weighted by molar-refractivity contribution is -0.126. The number of fused-ring (bicyclic) bond motifs is 1. The van der Waals surface area contributed by atoms with Crippen LogP contribution in [0, 0.1) is 12.8 Å². The molecule has 2 fully saturated rings. The van der Waals surface area contributed by atoms with Gasteiger partial charge in [-0.25, -0.2) is 9.97 Å². The summed E-state index contributed by atoms with van der Waals surface area (Å²) >= 11 is 0. The minimum Gasteiger partial charge on any atom is -0.353 e. The Hall–Kier alpha value is -3.22. The first kappa shape index (κ1) is 21.6. The Morgan fingerprint density at radius 3 is 2.52 bits per heavy atom. The van der Waals surface area contributed by atoms with Gasteiger partial charge in [-0.05, 0) is 50.3 Å². The SMILES string of the molecule is Cc1ccc(Cn2c(=O)c(N3CCC(C(=O)NC4CCCC4)CC3)nc3cccnc32)cc1. The predicted octanol–water partition coefficient (Wildman–Crippen LogP) is 3.42. The highest BCUT2D eigenvalue weighted by atomic mass is 16.2. The van der Waals surface area contributed by atoms with Gasteiger partial charge in [0.1, 0.15) is 5.52 Å². The second-order valence-electron chi connectivity index (χ2n) is 9.41. The van der Waals surface area contributed by atoms with E-state index in [1.165, 1.54) is 18.4 Å². The van der Waals surface area contributed by atoms with Crippen LogP contribution in [-0.2, 0) is 11.3 Å². The number of amides is 1. The van der Waals surface area contributed by atoms with Crippen molar-refractivity contribution in [1.29, 1.82) is 0 Å². The molecule has 0 atom stereocenters. The van der Waals surface area contributed by atoms with Gasteiger partial charge in [0.05, 0.1) is 6.54 Å². The molecular weight excluding hydrogens is 414 g/mol. The van der Waals surface area contributed by atoms with Crippen molar-refractivity contribution in [1.82, 2.24) is 19.9 Å². The molecule has 33 heavy (non-hydrogen) atoms. The number of nitrogens with zero attached hydrogens (tertiary/aromatic N) is 4. The summed E-state index contributed by atoms with van der Waals surface area (Å²) in [4.78, 5) is 37.4. The van der Waals surface area contributed by atoms with E-state index in [0.29, 0.717) is 42.7 Å². The van der Waals surface area contributed by atoms with E-state index < -0.39 is 0 Å². The summed E-state index contributed by atoms with van der Waals surface area (Å²) < 4.78 is 1.72. The molecule has 5 rings (SSSR count). The van der Waals surface area contributed by atoms with Crippen LogP contribution in [0.5, 0.6) is 0 Å². The first-order valence-electron chi connectivity index (χ1n) is 12.0. The molecule has 1 saturated heterocycles. The highest BCUT2D eigenvalue weighted by molar-refractivity contribution is 5.79. The lowest BCUT2D eigenvalue weighted by atomic mass is 9.95. The first-order chi connectivity index (χ1) is 16.1. The number of pyridine rings is 1. The molecule has 1 amide bonds. The van der Waals surface area contributed by atoms with Gasteiger partial charge in [-0.2, -0.15) is 0 Å². The number of hydrogen-bond donors (Lipinski definition) is 1. The zero-order valence-electron chi connectivity index (χ0n) is 19.2. The molecule has 0 unspecified atom stereocenters. The molecular formula is C26H31N5O2. The fourth-order valence-corrected chi connectivity index (χ4v) is 5.03. The number of carbonyl (C=O) groups excluding carboxylic acids is 1. The molecule has 2 aliphatic rings. The molecule has 0 bridgehead atoms. The van der Waals surface area contributed by atoms with Gasteiger partial charge in [-0.3, -0.25) is 14.2 Å². The second-order valence-corrected chi connectivity index (χ2v) is 9.41. The quantitative estimate of drug-likeness (QED) is 0.651. The summed E-state index contributed by atoms with van der Waals surface area (Å²) in [7, 11) is 0. The second kappa shape index (κ2) is 9.33. The molecule has 7 nitrogen and oxygen atoms in total. The molecule has 1 aliphatic heterocycles. The Morgan fingerprint density at radius 2 is 1.79 bits per heavy atom. The number of carbonyl (C=O) groups is 1. The summed E-state index contributed by atoms with van der Waals surface area (Å²) in [5, 5.41) is 3.23. The third-order valence-corrected chi connectivity index (χ3v) is 7.01. The molecule has 1 N–H and O–H groups in total. The van der Waals surface area contributed by atoms with Crippen LogP contribution in [0.3, 0.4) is 0 Å². The van der Waals surface area contributed by atoms with Gasteiger partial charge in [0.25, 0.3) is 5.56 Å². The van der Waals surface area contributed by atoms with Crippen LogP contribution >= 0.6 is 0 Å². The highest BCUT2D eigenvalue weighted by Gasteiger charge is 2.29. The normalized spacial score (nSPS) is 17.5. The van der Waals surface area contributed by atoms with Crippen LogP contribution in [0.25, 0.3) is 11.2 Å². The van der Waals surface area contributed by atoms with Gasteiger partial charge < -0.3 is 10.2 Å². The third kappa shape index (κ3) is 4.63. The maximum absolute atomic E-state index is 13.5. The average molecular weight is 446 g/mol. The van der Waals surface area contributed by atoms with E-state index in [1.54, 1.807) is 10.8 Å². The van der Waals surface area contributed by atoms with E-state index in [-0.39, 0.29) is 17.4 Å². The van der Waals surface area contributed by atoms with Crippen LogP contribution in [0.2, 0.25) is 0 Å². The average Bonchev–Trinajstić information content (AvgIpc) is 3.35. The lowest BCUT2D eigenvalue weighted by Crippen LogP contribution is -2.45. The van der Waals surface area contributed by atoms with Crippen molar-refractivity contribution in [2.75, 3.05) is 18.0 Å². The monoisotopic (exact) mass is 445 g/mol. The summed E-state index contributed by atoms with van der Waals surface area (Å²) in [6.45, 7) is 3.81. The number of rotatable bonds is 5. The highest BCUT2D eigenvalue weighted by Crippen LogP contribution is 2.24. The lowest BCUT2D eigenvalue weighted by Gasteiger charge is -2.32. The zero-order valence-corrected chi connectivity index (χ0v) is 19.2. The van der Waals surface area contributed by atoms with Crippen molar-refractivity contribution in [3.8, 4) is 0 Å². The van der Waals surface area contributed by atoms with Crippen LogP contribution < -0.4 is 15.8 Å².